The Bertz CT molecular complexity index is 475. The number of rotatable bonds is 6. The first-order valence-electron chi connectivity index (χ1n) is 7.11. The van der Waals surface area contributed by atoms with Gasteiger partial charge < -0.3 is 10.1 Å². The Morgan fingerprint density at radius 3 is 2.45 bits per heavy atom. The molecular weight excluding hydrogens is 254 g/mol. The lowest BCUT2D eigenvalue weighted by molar-refractivity contribution is -0.119. The Hall–Kier alpha value is -1.68. The fourth-order valence-corrected chi connectivity index (χ4v) is 2.48. The van der Waals surface area contributed by atoms with Gasteiger partial charge in [0.25, 0.3) is 0 Å². The zero-order chi connectivity index (χ0) is 14.5. The van der Waals surface area contributed by atoms with Crippen molar-refractivity contribution in [2.24, 2.45) is 5.92 Å². The van der Waals surface area contributed by atoms with Crippen LogP contribution >= 0.6 is 0 Å². The van der Waals surface area contributed by atoms with Crippen LogP contribution in [0.3, 0.4) is 0 Å². The summed E-state index contributed by atoms with van der Waals surface area (Å²) in [7, 11) is 0. The Kier molecular flexibility index (Phi) is 4.90. The van der Waals surface area contributed by atoms with E-state index < -0.39 is 0 Å². The summed E-state index contributed by atoms with van der Waals surface area (Å²) in [6, 6.07) is 6.98. The van der Waals surface area contributed by atoms with Crippen LogP contribution in [0, 0.1) is 5.92 Å². The maximum absolute atomic E-state index is 11.9. The topological polar surface area (TPSA) is 55.4 Å². The van der Waals surface area contributed by atoms with Crippen LogP contribution in [0.1, 0.15) is 43.5 Å². The van der Waals surface area contributed by atoms with Crippen molar-refractivity contribution in [3.63, 3.8) is 0 Å². The van der Waals surface area contributed by atoms with Crippen molar-refractivity contribution < 1.29 is 14.3 Å². The first-order chi connectivity index (χ1) is 9.58. The monoisotopic (exact) mass is 275 g/mol. The molecule has 0 aliphatic heterocycles. The number of carbonyl (C=O) groups excluding carboxylic acids is 2. The van der Waals surface area contributed by atoms with Crippen molar-refractivity contribution >= 4 is 17.4 Å². The zero-order valence-corrected chi connectivity index (χ0v) is 12.0. The second-order valence-corrected chi connectivity index (χ2v) is 5.30. The van der Waals surface area contributed by atoms with E-state index in [9.17, 15) is 9.59 Å². The molecule has 20 heavy (non-hydrogen) atoms. The number of ketones is 1. The van der Waals surface area contributed by atoms with Crippen molar-refractivity contribution in [2.45, 2.75) is 39.2 Å². The lowest BCUT2D eigenvalue weighted by Gasteiger charge is -2.34. The molecule has 1 aliphatic rings. The lowest BCUT2D eigenvalue weighted by atomic mass is 9.80. The molecule has 0 heterocycles. The van der Waals surface area contributed by atoms with Crippen LogP contribution in [0.2, 0.25) is 0 Å². The fraction of sp³-hybridized carbons (Fsp3) is 0.500. The average molecular weight is 275 g/mol. The summed E-state index contributed by atoms with van der Waals surface area (Å²) < 4.78 is 5.48. The SMILES string of the molecule is CCOC1CC(CC(=O)Nc2ccc(C(C)=O)cc2)C1. The number of carbonyl (C=O) groups is 2. The van der Waals surface area contributed by atoms with Crippen LogP contribution in [-0.4, -0.2) is 24.4 Å². The number of ether oxygens (including phenoxy) is 1. The van der Waals surface area contributed by atoms with Gasteiger partial charge in [0.1, 0.15) is 0 Å². The minimum atomic E-state index is 0.0271. The molecule has 1 fully saturated rings. The molecule has 0 atom stereocenters. The Labute approximate surface area is 119 Å². The van der Waals surface area contributed by atoms with E-state index in [0.717, 1.165) is 25.1 Å². The molecule has 1 aromatic carbocycles. The van der Waals surface area contributed by atoms with Gasteiger partial charge in [-0.2, -0.15) is 0 Å². The van der Waals surface area contributed by atoms with E-state index in [-0.39, 0.29) is 11.7 Å². The van der Waals surface area contributed by atoms with Crippen molar-refractivity contribution in [3.8, 4) is 0 Å². The first-order valence-corrected chi connectivity index (χ1v) is 7.11. The molecule has 0 bridgehead atoms. The molecule has 0 unspecified atom stereocenters. The molecule has 108 valence electrons. The predicted octanol–water partition coefficient (Wildman–Crippen LogP) is 3.03. The highest BCUT2D eigenvalue weighted by atomic mass is 16.5. The maximum Gasteiger partial charge on any atom is 0.224 e. The molecular formula is C16H21NO3. The minimum Gasteiger partial charge on any atom is -0.378 e. The third kappa shape index (κ3) is 3.90. The van der Waals surface area contributed by atoms with Crippen molar-refractivity contribution in [1.29, 1.82) is 0 Å². The molecule has 0 radical (unpaired) electrons. The molecule has 4 heteroatoms. The molecule has 4 nitrogen and oxygen atoms in total. The van der Waals surface area contributed by atoms with E-state index in [1.807, 2.05) is 6.92 Å². The van der Waals surface area contributed by atoms with Crippen LogP contribution in [0.15, 0.2) is 24.3 Å². The summed E-state index contributed by atoms with van der Waals surface area (Å²) >= 11 is 0. The highest BCUT2D eigenvalue weighted by Crippen LogP contribution is 2.32. The Morgan fingerprint density at radius 2 is 1.90 bits per heavy atom. The van der Waals surface area contributed by atoms with E-state index in [2.05, 4.69) is 5.32 Å². The van der Waals surface area contributed by atoms with E-state index >= 15 is 0 Å². The molecule has 2 rings (SSSR count). The molecule has 1 N–H and O–H groups in total. The van der Waals surface area contributed by atoms with Gasteiger partial charge in [-0.05, 0) is 56.9 Å². The van der Waals surface area contributed by atoms with Crippen LogP contribution in [0.4, 0.5) is 5.69 Å². The molecule has 0 saturated heterocycles. The van der Waals surface area contributed by atoms with E-state index in [4.69, 9.17) is 4.74 Å². The van der Waals surface area contributed by atoms with Gasteiger partial charge in [0, 0.05) is 24.3 Å². The molecule has 1 saturated carbocycles. The van der Waals surface area contributed by atoms with Crippen LogP contribution in [-0.2, 0) is 9.53 Å². The largest absolute Gasteiger partial charge is 0.378 e. The third-order valence-electron chi connectivity index (χ3n) is 3.64. The van der Waals surface area contributed by atoms with Gasteiger partial charge in [0.2, 0.25) is 5.91 Å². The number of nitrogens with one attached hydrogen (secondary N) is 1. The van der Waals surface area contributed by atoms with Gasteiger partial charge >= 0.3 is 0 Å². The minimum absolute atomic E-state index is 0.0271. The van der Waals surface area contributed by atoms with Gasteiger partial charge in [-0.3, -0.25) is 9.59 Å². The smallest absolute Gasteiger partial charge is 0.224 e. The molecule has 0 spiro atoms. The highest BCUT2D eigenvalue weighted by Gasteiger charge is 2.30. The second kappa shape index (κ2) is 6.66. The van der Waals surface area contributed by atoms with Gasteiger partial charge in [0.05, 0.1) is 6.10 Å². The van der Waals surface area contributed by atoms with Crippen LogP contribution in [0.5, 0.6) is 0 Å². The van der Waals surface area contributed by atoms with Crippen molar-refractivity contribution in [3.05, 3.63) is 29.8 Å². The quantitative estimate of drug-likeness (QED) is 0.812. The zero-order valence-electron chi connectivity index (χ0n) is 12.0. The van der Waals surface area contributed by atoms with E-state index in [1.165, 1.54) is 6.92 Å². The molecule has 0 aromatic heterocycles. The Morgan fingerprint density at radius 1 is 1.25 bits per heavy atom. The molecule has 1 aromatic rings. The molecule has 1 aliphatic carbocycles. The Balaban J connectivity index is 1.76. The van der Waals surface area contributed by atoms with Crippen molar-refractivity contribution in [1.82, 2.24) is 0 Å². The predicted molar refractivity (Wildman–Crippen MR) is 77.8 cm³/mol. The summed E-state index contributed by atoms with van der Waals surface area (Å²) in [6.45, 7) is 4.26. The maximum atomic E-state index is 11.9. The van der Waals surface area contributed by atoms with E-state index in [0.29, 0.717) is 24.0 Å². The second-order valence-electron chi connectivity index (χ2n) is 5.30. The lowest BCUT2D eigenvalue weighted by Crippen LogP contribution is -2.33. The average Bonchev–Trinajstić information content (AvgIpc) is 2.37. The summed E-state index contributed by atoms with van der Waals surface area (Å²) in [6.07, 6.45) is 2.83. The van der Waals surface area contributed by atoms with Crippen molar-refractivity contribution in [2.75, 3.05) is 11.9 Å². The van der Waals surface area contributed by atoms with Gasteiger partial charge in [-0.15, -0.1) is 0 Å². The number of benzene rings is 1. The number of anilines is 1. The van der Waals surface area contributed by atoms with Crippen LogP contribution < -0.4 is 5.32 Å². The third-order valence-corrected chi connectivity index (χ3v) is 3.64. The standard InChI is InChI=1S/C16H21NO3/c1-3-20-15-8-12(9-15)10-16(19)17-14-6-4-13(5-7-14)11(2)18/h4-7,12,15H,3,8-10H2,1-2H3,(H,17,19). The first kappa shape index (κ1) is 14.7. The summed E-state index contributed by atoms with van der Waals surface area (Å²) in [5.74, 6) is 0.489. The summed E-state index contributed by atoms with van der Waals surface area (Å²) in [5, 5.41) is 2.86. The molecule has 1 amide bonds. The van der Waals surface area contributed by atoms with E-state index in [1.54, 1.807) is 24.3 Å². The van der Waals surface area contributed by atoms with Gasteiger partial charge in [-0.25, -0.2) is 0 Å². The number of hydrogen-bond acceptors (Lipinski definition) is 3. The fourth-order valence-electron chi connectivity index (χ4n) is 2.48. The number of hydrogen-bond donors (Lipinski definition) is 1. The summed E-state index contributed by atoms with van der Waals surface area (Å²) in [4.78, 5) is 23.0. The normalized spacial score (nSPS) is 21.1. The highest BCUT2D eigenvalue weighted by molar-refractivity contribution is 5.95. The number of Topliss-reactive ketones (excluding diaryl/α,β-unsaturated/α-hetero) is 1. The number of amides is 1. The van der Waals surface area contributed by atoms with Gasteiger partial charge in [-0.1, -0.05) is 0 Å². The van der Waals surface area contributed by atoms with Crippen LogP contribution in [0.25, 0.3) is 0 Å². The summed E-state index contributed by atoms with van der Waals surface area (Å²) in [5.41, 5.74) is 1.39. The van der Waals surface area contributed by atoms with Gasteiger partial charge in [0.15, 0.2) is 5.78 Å².